The maximum Gasteiger partial charge on any atom is 0.0635 e. The van der Waals surface area contributed by atoms with Crippen LogP contribution in [0.4, 0.5) is 0 Å². The van der Waals surface area contributed by atoms with Gasteiger partial charge in [0.2, 0.25) is 0 Å². The lowest BCUT2D eigenvalue weighted by molar-refractivity contribution is 0.277. The van der Waals surface area contributed by atoms with Crippen molar-refractivity contribution in [2.75, 3.05) is 39.3 Å². The maximum absolute atomic E-state index is 8.72. The third kappa shape index (κ3) is 19.2. The SMILES string of the molecule is N#CCCN(CCC#N)CCCCCCCCCCCCN(CCC#N)CCC#N. The van der Waals surface area contributed by atoms with E-state index in [0.717, 1.165) is 52.1 Å². The molecule has 0 aromatic carbocycles. The van der Waals surface area contributed by atoms with E-state index < -0.39 is 0 Å². The van der Waals surface area contributed by atoms with Gasteiger partial charge in [0.1, 0.15) is 0 Å². The molecule has 0 spiro atoms. The largest absolute Gasteiger partial charge is 0.301 e. The van der Waals surface area contributed by atoms with Gasteiger partial charge in [-0.25, -0.2) is 0 Å². The van der Waals surface area contributed by atoms with Gasteiger partial charge in [0.25, 0.3) is 0 Å². The van der Waals surface area contributed by atoms with Crippen LogP contribution in [0.15, 0.2) is 0 Å². The fraction of sp³-hybridized carbons (Fsp3) is 0.833. The molecule has 0 saturated heterocycles. The molecule has 0 bridgehead atoms. The Balaban J connectivity index is 3.54. The van der Waals surface area contributed by atoms with Gasteiger partial charge in [0.05, 0.1) is 24.3 Å². The number of unbranched alkanes of at least 4 members (excludes halogenated alkanes) is 9. The van der Waals surface area contributed by atoms with Crippen molar-refractivity contribution in [2.24, 2.45) is 0 Å². The highest BCUT2D eigenvalue weighted by Crippen LogP contribution is 2.11. The van der Waals surface area contributed by atoms with Crippen LogP contribution in [0.1, 0.15) is 89.9 Å². The first-order chi connectivity index (χ1) is 14.8. The first-order valence-corrected chi connectivity index (χ1v) is 11.7. The van der Waals surface area contributed by atoms with Crippen LogP contribution in [-0.2, 0) is 0 Å². The van der Waals surface area contributed by atoms with Crippen LogP contribution in [0.2, 0.25) is 0 Å². The molecule has 30 heavy (non-hydrogen) atoms. The zero-order chi connectivity index (χ0) is 22.1. The van der Waals surface area contributed by atoms with Crippen LogP contribution in [0.25, 0.3) is 0 Å². The molecule has 0 fully saturated rings. The summed E-state index contributed by atoms with van der Waals surface area (Å²) < 4.78 is 0. The Bertz CT molecular complexity index is 462. The lowest BCUT2D eigenvalue weighted by atomic mass is 10.1. The molecule has 0 unspecified atom stereocenters. The van der Waals surface area contributed by atoms with E-state index in [1.807, 2.05) is 0 Å². The summed E-state index contributed by atoms with van der Waals surface area (Å²) in [6.45, 7) is 5.14. The van der Waals surface area contributed by atoms with Gasteiger partial charge in [-0.3, -0.25) is 0 Å². The van der Waals surface area contributed by atoms with Crippen LogP contribution in [0.5, 0.6) is 0 Å². The first-order valence-electron chi connectivity index (χ1n) is 11.7. The number of hydrogen-bond acceptors (Lipinski definition) is 6. The summed E-state index contributed by atoms with van der Waals surface area (Å²) in [5.41, 5.74) is 0. The van der Waals surface area contributed by atoms with E-state index in [4.69, 9.17) is 21.0 Å². The number of nitriles is 4. The predicted molar refractivity (Wildman–Crippen MR) is 120 cm³/mol. The van der Waals surface area contributed by atoms with Crippen molar-refractivity contribution in [3.05, 3.63) is 0 Å². The van der Waals surface area contributed by atoms with E-state index in [2.05, 4.69) is 34.1 Å². The summed E-state index contributed by atoms with van der Waals surface area (Å²) in [7, 11) is 0. The second kappa shape index (κ2) is 23.2. The Morgan fingerprint density at radius 1 is 0.333 bits per heavy atom. The third-order valence-electron chi connectivity index (χ3n) is 5.36. The highest BCUT2D eigenvalue weighted by atomic mass is 15.1. The van der Waals surface area contributed by atoms with Crippen LogP contribution in [-0.4, -0.2) is 49.1 Å². The van der Waals surface area contributed by atoms with Crippen LogP contribution in [0.3, 0.4) is 0 Å². The summed E-state index contributed by atoms with van der Waals surface area (Å²) in [4.78, 5) is 4.49. The number of hydrogen-bond donors (Lipinski definition) is 0. The molecule has 0 saturated carbocycles. The summed E-state index contributed by atoms with van der Waals surface area (Å²) in [5, 5.41) is 34.9. The minimum Gasteiger partial charge on any atom is -0.301 e. The minimum absolute atomic E-state index is 0.545. The summed E-state index contributed by atoms with van der Waals surface area (Å²) in [6, 6.07) is 8.76. The monoisotopic (exact) mass is 412 g/mol. The van der Waals surface area contributed by atoms with E-state index in [1.54, 1.807) is 0 Å². The molecular formula is C24H40N6. The molecule has 0 heterocycles. The molecule has 166 valence electrons. The zero-order valence-corrected chi connectivity index (χ0v) is 18.8. The van der Waals surface area contributed by atoms with Gasteiger partial charge in [-0.15, -0.1) is 0 Å². The van der Waals surface area contributed by atoms with E-state index in [1.165, 1.54) is 51.4 Å². The van der Waals surface area contributed by atoms with Gasteiger partial charge in [0, 0.05) is 51.9 Å². The Labute approximate surface area is 184 Å². The number of rotatable bonds is 21. The smallest absolute Gasteiger partial charge is 0.0635 e. The van der Waals surface area contributed by atoms with Crippen LogP contribution in [0, 0.1) is 45.3 Å². The normalized spacial score (nSPS) is 10.5. The molecule has 0 radical (unpaired) electrons. The minimum atomic E-state index is 0.545. The molecule has 0 aliphatic rings. The van der Waals surface area contributed by atoms with Gasteiger partial charge < -0.3 is 9.80 Å². The molecule has 0 atom stereocenters. The van der Waals surface area contributed by atoms with Crippen molar-refractivity contribution in [2.45, 2.75) is 89.9 Å². The van der Waals surface area contributed by atoms with Crippen LogP contribution < -0.4 is 0 Å². The third-order valence-corrected chi connectivity index (χ3v) is 5.36. The molecule has 0 amide bonds. The fourth-order valence-electron chi connectivity index (χ4n) is 3.59. The molecular weight excluding hydrogens is 372 g/mol. The maximum atomic E-state index is 8.72. The number of nitrogens with zero attached hydrogens (tertiary/aromatic N) is 6. The van der Waals surface area contributed by atoms with E-state index in [-0.39, 0.29) is 0 Å². The van der Waals surface area contributed by atoms with Crippen molar-refractivity contribution in [3.8, 4) is 24.3 Å². The van der Waals surface area contributed by atoms with Gasteiger partial charge in [-0.05, 0) is 25.9 Å². The Morgan fingerprint density at radius 2 is 0.567 bits per heavy atom. The van der Waals surface area contributed by atoms with Crippen molar-refractivity contribution in [3.63, 3.8) is 0 Å². The predicted octanol–water partition coefficient (Wildman–Crippen LogP) is 5.15. The van der Waals surface area contributed by atoms with Gasteiger partial charge in [-0.2, -0.15) is 21.0 Å². The highest BCUT2D eigenvalue weighted by molar-refractivity contribution is 4.77. The van der Waals surface area contributed by atoms with Gasteiger partial charge >= 0.3 is 0 Å². The van der Waals surface area contributed by atoms with Crippen molar-refractivity contribution < 1.29 is 0 Å². The molecule has 0 N–H and O–H groups in total. The quantitative estimate of drug-likeness (QED) is 0.242. The standard InChI is InChI=1S/C24H40N6/c25-15-11-21-29(22-12-16-26)19-9-7-5-3-1-2-4-6-8-10-20-30(23-13-17-27)24-14-18-28/h1-14,19-24H2. The molecule has 0 rings (SSSR count). The molecule has 6 heteroatoms. The first kappa shape index (κ1) is 27.9. The molecule has 0 aliphatic carbocycles. The summed E-state index contributed by atoms with van der Waals surface area (Å²) in [5.74, 6) is 0. The summed E-state index contributed by atoms with van der Waals surface area (Å²) >= 11 is 0. The molecule has 0 aromatic heterocycles. The summed E-state index contributed by atoms with van der Waals surface area (Å²) in [6.07, 6.45) is 14.7. The average molecular weight is 413 g/mol. The Hall–Kier alpha value is -2.12. The van der Waals surface area contributed by atoms with Crippen molar-refractivity contribution >= 4 is 0 Å². The van der Waals surface area contributed by atoms with E-state index >= 15 is 0 Å². The Kier molecular flexibility index (Phi) is 21.5. The fourth-order valence-corrected chi connectivity index (χ4v) is 3.59. The van der Waals surface area contributed by atoms with Gasteiger partial charge in [0.15, 0.2) is 0 Å². The van der Waals surface area contributed by atoms with Crippen molar-refractivity contribution in [1.29, 1.82) is 21.0 Å². The van der Waals surface area contributed by atoms with Gasteiger partial charge in [-0.1, -0.05) is 51.4 Å². The Morgan fingerprint density at radius 3 is 0.800 bits per heavy atom. The molecule has 0 aromatic rings. The highest BCUT2D eigenvalue weighted by Gasteiger charge is 2.05. The topological polar surface area (TPSA) is 102 Å². The lowest BCUT2D eigenvalue weighted by Gasteiger charge is -2.19. The average Bonchev–Trinajstić information content (AvgIpc) is 2.76. The van der Waals surface area contributed by atoms with Crippen LogP contribution >= 0.6 is 0 Å². The zero-order valence-electron chi connectivity index (χ0n) is 18.8. The second-order valence-corrected chi connectivity index (χ2v) is 7.85. The molecule has 6 nitrogen and oxygen atoms in total. The molecule has 0 aliphatic heterocycles. The van der Waals surface area contributed by atoms with E-state index in [9.17, 15) is 0 Å². The van der Waals surface area contributed by atoms with E-state index in [0.29, 0.717) is 25.7 Å². The lowest BCUT2D eigenvalue weighted by Crippen LogP contribution is -2.26. The second-order valence-electron chi connectivity index (χ2n) is 7.85. The van der Waals surface area contributed by atoms with Crippen molar-refractivity contribution in [1.82, 2.24) is 9.80 Å².